The Hall–Kier alpha value is -1.68. The van der Waals surface area contributed by atoms with Crippen LogP contribution in [-0.4, -0.2) is 59.3 Å². The first kappa shape index (κ1) is 16.2. The minimum Gasteiger partial charge on any atom is -0.383 e. The molecule has 3 N–H and O–H groups in total. The number of hydrogen-bond donors (Lipinski definition) is 2. The van der Waals surface area contributed by atoms with Crippen molar-refractivity contribution in [3.63, 3.8) is 0 Å². The Morgan fingerprint density at radius 1 is 1.39 bits per heavy atom. The molecule has 8 nitrogen and oxygen atoms in total. The predicted molar refractivity (Wildman–Crippen MR) is 86.4 cm³/mol. The summed E-state index contributed by atoms with van der Waals surface area (Å²) in [6, 6.07) is 1.18. The van der Waals surface area contributed by atoms with E-state index in [-0.39, 0.29) is 28.3 Å². The van der Waals surface area contributed by atoms with Crippen molar-refractivity contribution in [3.05, 3.63) is 35.5 Å². The van der Waals surface area contributed by atoms with Crippen LogP contribution in [0.25, 0.3) is 0 Å². The van der Waals surface area contributed by atoms with E-state index in [4.69, 9.17) is 17.3 Å². The summed E-state index contributed by atoms with van der Waals surface area (Å²) in [5, 5.41) is 0.231. The average molecular weight is 357 g/mol. The molecule has 1 aliphatic heterocycles. The number of hydrogen-bond acceptors (Lipinski definition) is 6. The number of H-pyrrole nitrogens is 1. The van der Waals surface area contributed by atoms with E-state index < -0.39 is 10.0 Å². The normalized spacial score (nSPS) is 20.7. The van der Waals surface area contributed by atoms with Crippen LogP contribution in [-0.2, 0) is 10.0 Å². The van der Waals surface area contributed by atoms with Gasteiger partial charge < -0.3 is 10.7 Å². The van der Waals surface area contributed by atoms with Gasteiger partial charge in [0.05, 0.1) is 11.1 Å². The molecule has 10 heteroatoms. The average Bonchev–Trinajstić information content (AvgIpc) is 3.04. The van der Waals surface area contributed by atoms with Gasteiger partial charge in [-0.2, -0.15) is 4.31 Å². The number of sulfonamides is 1. The summed E-state index contributed by atoms with van der Waals surface area (Å²) in [6.45, 7) is 1.22. The number of rotatable bonds is 3. The number of imidazole rings is 1. The molecule has 0 aromatic carbocycles. The van der Waals surface area contributed by atoms with Gasteiger partial charge in [0, 0.05) is 38.2 Å². The highest BCUT2D eigenvalue weighted by Gasteiger charge is 2.35. The van der Waals surface area contributed by atoms with Crippen molar-refractivity contribution in [2.75, 3.05) is 32.4 Å². The minimum atomic E-state index is -3.77. The van der Waals surface area contributed by atoms with Crippen LogP contribution >= 0.6 is 11.6 Å². The zero-order valence-electron chi connectivity index (χ0n) is 12.5. The van der Waals surface area contributed by atoms with Crippen LogP contribution in [0.2, 0.25) is 5.02 Å². The maximum atomic E-state index is 12.9. The van der Waals surface area contributed by atoms with Gasteiger partial charge >= 0.3 is 0 Å². The number of nitrogen functional groups attached to an aromatic ring is 1. The Kier molecular flexibility index (Phi) is 4.28. The zero-order valence-corrected chi connectivity index (χ0v) is 14.0. The monoisotopic (exact) mass is 356 g/mol. The number of piperazine rings is 1. The Morgan fingerprint density at radius 3 is 2.87 bits per heavy atom. The van der Waals surface area contributed by atoms with Gasteiger partial charge in [-0.1, -0.05) is 11.6 Å². The van der Waals surface area contributed by atoms with Crippen LogP contribution in [0.1, 0.15) is 11.9 Å². The summed E-state index contributed by atoms with van der Waals surface area (Å²) in [6.07, 6.45) is 4.69. The molecule has 0 radical (unpaired) electrons. The maximum absolute atomic E-state index is 12.9. The SMILES string of the molecule is CN1CCN(S(=O)(=O)c2cc(Cl)cnc2N)C[C@H]1c1ncc[nH]1. The molecular weight excluding hydrogens is 340 g/mol. The second kappa shape index (κ2) is 6.08. The number of nitrogens with two attached hydrogens (primary N) is 1. The number of pyridine rings is 1. The fourth-order valence-corrected chi connectivity index (χ4v) is 4.35. The number of anilines is 1. The number of nitrogens with one attached hydrogen (secondary N) is 1. The van der Waals surface area contributed by atoms with Crippen molar-refractivity contribution in [1.29, 1.82) is 0 Å². The fourth-order valence-electron chi connectivity index (χ4n) is 2.60. The second-order valence-electron chi connectivity index (χ2n) is 5.37. The quantitative estimate of drug-likeness (QED) is 0.838. The Balaban J connectivity index is 1.93. The summed E-state index contributed by atoms with van der Waals surface area (Å²) >= 11 is 5.87. The van der Waals surface area contributed by atoms with E-state index in [9.17, 15) is 8.42 Å². The summed E-state index contributed by atoms with van der Waals surface area (Å²) in [7, 11) is -1.83. The van der Waals surface area contributed by atoms with Gasteiger partial charge in [-0.25, -0.2) is 18.4 Å². The van der Waals surface area contributed by atoms with Crippen molar-refractivity contribution in [1.82, 2.24) is 24.2 Å². The number of aromatic amines is 1. The van der Waals surface area contributed by atoms with E-state index >= 15 is 0 Å². The molecule has 0 unspecified atom stereocenters. The van der Waals surface area contributed by atoms with Crippen molar-refractivity contribution in [2.45, 2.75) is 10.9 Å². The molecule has 0 saturated carbocycles. The van der Waals surface area contributed by atoms with E-state index in [1.807, 2.05) is 7.05 Å². The molecule has 23 heavy (non-hydrogen) atoms. The molecular formula is C13H17ClN6O2S. The van der Waals surface area contributed by atoms with Crippen LogP contribution < -0.4 is 5.73 Å². The topological polar surface area (TPSA) is 108 Å². The highest BCUT2D eigenvalue weighted by molar-refractivity contribution is 7.89. The number of aromatic nitrogens is 3. The highest BCUT2D eigenvalue weighted by Crippen LogP contribution is 2.28. The van der Waals surface area contributed by atoms with Crippen LogP contribution in [0.4, 0.5) is 5.82 Å². The standard InChI is InChI=1S/C13H17ClN6O2S/c1-19-4-5-20(8-10(19)13-16-2-3-17-13)23(21,22)11-6-9(14)7-18-12(11)15/h2-3,6-7,10H,4-5,8H2,1H3,(H2,15,18)(H,16,17)/t10-/m0/s1. The van der Waals surface area contributed by atoms with Gasteiger partial charge in [-0.05, 0) is 13.1 Å². The van der Waals surface area contributed by atoms with Crippen LogP contribution in [0, 0.1) is 0 Å². The molecule has 0 spiro atoms. The molecule has 2 aromatic heterocycles. The molecule has 3 rings (SSSR count). The molecule has 0 aliphatic carbocycles. The highest BCUT2D eigenvalue weighted by atomic mass is 35.5. The van der Waals surface area contributed by atoms with Gasteiger partial charge in [0.2, 0.25) is 10.0 Å². The summed E-state index contributed by atoms with van der Waals surface area (Å²) < 4.78 is 27.2. The summed E-state index contributed by atoms with van der Waals surface area (Å²) in [5.41, 5.74) is 5.73. The lowest BCUT2D eigenvalue weighted by molar-refractivity contribution is 0.142. The van der Waals surface area contributed by atoms with Crippen molar-refractivity contribution >= 4 is 27.4 Å². The van der Waals surface area contributed by atoms with Crippen LogP contribution in [0.3, 0.4) is 0 Å². The molecule has 1 saturated heterocycles. The van der Waals surface area contributed by atoms with Crippen LogP contribution in [0.5, 0.6) is 0 Å². The largest absolute Gasteiger partial charge is 0.383 e. The maximum Gasteiger partial charge on any atom is 0.246 e. The van der Waals surface area contributed by atoms with E-state index in [0.717, 1.165) is 5.82 Å². The molecule has 124 valence electrons. The minimum absolute atomic E-state index is 0.0529. The van der Waals surface area contributed by atoms with Gasteiger partial charge in [0.25, 0.3) is 0 Å². The third-order valence-corrected chi connectivity index (χ3v) is 6.01. The molecule has 3 heterocycles. The predicted octanol–water partition coefficient (Wildman–Crippen LogP) is 0.718. The Bertz CT molecular complexity index is 795. The number of likely N-dealkylation sites (N-methyl/N-ethyl adjacent to an activating group) is 1. The van der Waals surface area contributed by atoms with Crippen molar-refractivity contribution in [3.8, 4) is 0 Å². The number of nitrogens with zero attached hydrogens (tertiary/aromatic N) is 4. The first-order valence-corrected chi connectivity index (χ1v) is 8.82. The first-order valence-electron chi connectivity index (χ1n) is 7.00. The van der Waals surface area contributed by atoms with E-state index in [1.165, 1.54) is 16.6 Å². The lowest BCUT2D eigenvalue weighted by atomic mass is 10.2. The first-order chi connectivity index (χ1) is 10.9. The smallest absolute Gasteiger partial charge is 0.246 e. The van der Waals surface area contributed by atoms with Gasteiger partial charge in [0.15, 0.2) is 0 Å². The summed E-state index contributed by atoms with van der Waals surface area (Å²) in [4.78, 5) is 13.1. The van der Waals surface area contributed by atoms with Crippen molar-refractivity contribution < 1.29 is 8.42 Å². The van der Waals surface area contributed by atoms with Crippen LogP contribution in [0.15, 0.2) is 29.6 Å². The van der Waals surface area contributed by atoms with E-state index in [2.05, 4.69) is 19.9 Å². The fraction of sp³-hybridized carbons (Fsp3) is 0.385. The second-order valence-corrected chi connectivity index (χ2v) is 7.71. The third-order valence-electron chi connectivity index (χ3n) is 3.91. The Labute approximate surface area is 139 Å². The Morgan fingerprint density at radius 2 is 2.17 bits per heavy atom. The molecule has 0 bridgehead atoms. The third kappa shape index (κ3) is 3.05. The molecule has 1 aliphatic rings. The van der Waals surface area contributed by atoms with E-state index in [1.54, 1.807) is 12.4 Å². The van der Waals surface area contributed by atoms with Gasteiger partial charge in [0.1, 0.15) is 16.5 Å². The molecule has 1 atom stereocenters. The van der Waals surface area contributed by atoms with Gasteiger partial charge in [-0.15, -0.1) is 0 Å². The molecule has 2 aromatic rings. The zero-order chi connectivity index (χ0) is 16.6. The lowest BCUT2D eigenvalue weighted by Crippen LogP contribution is -2.49. The summed E-state index contributed by atoms with van der Waals surface area (Å²) in [5.74, 6) is 0.674. The van der Waals surface area contributed by atoms with Crippen molar-refractivity contribution in [2.24, 2.45) is 0 Å². The van der Waals surface area contributed by atoms with Gasteiger partial charge in [-0.3, -0.25) is 4.90 Å². The lowest BCUT2D eigenvalue weighted by Gasteiger charge is -2.37. The number of halogens is 1. The molecule has 1 fully saturated rings. The molecule has 0 amide bonds. The van der Waals surface area contributed by atoms with E-state index in [0.29, 0.717) is 13.1 Å².